The number of anilines is 1. The minimum atomic E-state index is -3.75. The lowest BCUT2D eigenvalue weighted by atomic mass is 10.3. The monoisotopic (exact) mass is 400 g/mol. The summed E-state index contributed by atoms with van der Waals surface area (Å²) in [4.78, 5) is 0.00787. The minimum Gasteiger partial charge on any atom is -0.398 e. The van der Waals surface area contributed by atoms with E-state index in [1.807, 2.05) is 0 Å². The molecular formula is C10H14Br2N2O3S. The second kappa shape index (κ2) is 5.87. The summed E-state index contributed by atoms with van der Waals surface area (Å²) in [6, 6.07) is 2.61. The SMILES string of the molecule is CC(CO)N(C)S(=O)(=O)c1c(N)cc(Br)cc1Br. The molecule has 1 aromatic rings. The van der Waals surface area contributed by atoms with Crippen molar-refractivity contribution in [2.75, 3.05) is 19.4 Å². The molecular weight excluding hydrogens is 388 g/mol. The summed E-state index contributed by atoms with van der Waals surface area (Å²) >= 11 is 6.43. The van der Waals surface area contributed by atoms with E-state index in [-0.39, 0.29) is 17.2 Å². The van der Waals surface area contributed by atoms with Crippen molar-refractivity contribution in [1.29, 1.82) is 0 Å². The average Bonchev–Trinajstić information content (AvgIpc) is 2.24. The molecule has 102 valence electrons. The molecule has 0 bridgehead atoms. The lowest BCUT2D eigenvalue weighted by Crippen LogP contribution is -2.37. The fourth-order valence-corrected chi connectivity index (χ4v) is 4.71. The summed E-state index contributed by atoms with van der Waals surface area (Å²) in [5.41, 5.74) is 5.91. The molecule has 0 radical (unpaired) electrons. The number of sulfonamides is 1. The Morgan fingerprint density at radius 1 is 1.44 bits per heavy atom. The predicted octanol–water partition coefficient (Wildman–Crippen LogP) is 1.80. The van der Waals surface area contributed by atoms with Crippen molar-refractivity contribution < 1.29 is 13.5 Å². The van der Waals surface area contributed by atoms with E-state index < -0.39 is 16.1 Å². The zero-order valence-corrected chi connectivity index (χ0v) is 13.9. The van der Waals surface area contributed by atoms with Gasteiger partial charge in [-0.15, -0.1) is 0 Å². The number of nitrogen functional groups attached to an aromatic ring is 1. The molecule has 0 heterocycles. The predicted molar refractivity (Wildman–Crippen MR) is 77.8 cm³/mol. The number of aliphatic hydroxyl groups excluding tert-OH is 1. The van der Waals surface area contributed by atoms with Crippen LogP contribution in [0.3, 0.4) is 0 Å². The highest BCUT2D eigenvalue weighted by Crippen LogP contribution is 2.33. The Balaban J connectivity index is 3.38. The van der Waals surface area contributed by atoms with Crippen LogP contribution in [-0.4, -0.2) is 37.5 Å². The molecule has 0 aromatic heterocycles. The third-order valence-electron chi connectivity index (χ3n) is 2.56. The number of hydrogen-bond donors (Lipinski definition) is 2. The van der Waals surface area contributed by atoms with Gasteiger partial charge in [0, 0.05) is 22.0 Å². The first-order chi connectivity index (χ1) is 8.21. The quantitative estimate of drug-likeness (QED) is 0.753. The van der Waals surface area contributed by atoms with Crippen LogP contribution >= 0.6 is 31.9 Å². The first-order valence-corrected chi connectivity index (χ1v) is 8.07. The van der Waals surface area contributed by atoms with Crippen molar-refractivity contribution in [1.82, 2.24) is 4.31 Å². The van der Waals surface area contributed by atoms with Crippen LogP contribution in [0.4, 0.5) is 5.69 Å². The molecule has 0 saturated carbocycles. The van der Waals surface area contributed by atoms with Crippen molar-refractivity contribution in [2.45, 2.75) is 17.9 Å². The summed E-state index contributed by atoms with van der Waals surface area (Å²) in [6.07, 6.45) is 0. The van der Waals surface area contributed by atoms with E-state index in [2.05, 4.69) is 31.9 Å². The van der Waals surface area contributed by atoms with Gasteiger partial charge in [-0.3, -0.25) is 0 Å². The maximum Gasteiger partial charge on any atom is 0.246 e. The number of benzene rings is 1. The molecule has 0 fully saturated rings. The minimum absolute atomic E-state index is 0.00787. The molecule has 0 aliphatic rings. The van der Waals surface area contributed by atoms with Gasteiger partial charge in [0.15, 0.2) is 0 Å². The number of aliphatic hydroxyl groups is 1. The van der Waals surface area contributed by atoms with Gasteiger partial charge in [-0.25, -0.2) is 8.42 Å². The highest BCUT2D eigenvalue weighted by Gasteiger charge is 2.29. The third kappa shape index (κ3) is 3.05. The summed E-state index contributed by atoms with van der Waals surface area (Å²) < 4.78 is 26.9. The molecule has 0 amide bonds. The smallest absolute Gasteiger partial charge is 0.246 e. The van der Waals surface area contributed by atoms with Crippen LogP contribution in [0.2, 0.25) is 0 Å². The van der Waals surface area contributed by atoms with Crippen molar-refractivity contribution in [3.63, 3.8) is 0 Å². The Kier molecular flexibility index (Phi) is 5.19. The van der Waals surface area contributed by atoms with Crippen molar-refractivity contribution in [3.05, 3.63) is 21.1 Å². The van der Waals surface area contributed by atoms with E-state index >= 15 is 0 Å². The molecule has 3 N–H and O–H groups in total. The van der Waals surface area contributed by atoms with Gasteiger partial charge in [-0.1, -0.05) is 15.9 Å². The van der Waals surface area contributed by atoms with Gasteiger partial charge in [-0.05, 0) is 35.0 Å². The summed E-state index contributed by atoms with van der Waals surface area (Å²) in [5, 5.41) is 9.04. The van der Waals surface area contributed by atoms with E-state index in [1.54, 1.807) is 13.0 Å². The first-order valence-electron chi connectivity index (χ1n) is 5.05. The molecule has 0 aliphatic heterocycles. The fourth-order valence-electron chi connectivity index (χ4n) is 1.35. The van der Waals surface area contributed by atoms with Crippen LogP contribution in [0.5, 0.6) is 0 Å². The molecule has 0 saturated heterocycles. The molecule has 18 heavy (non-hydrogen) atoms. The third-order valence-corrected chi connectivity index (χ3v) is 5.99. The first kappa shape index (κ1) is 15.9. The van der Waals surface area contributed by atoms with E-state index in [0.717, 1.165) is 4.31 Å². The molecule has 1 atom stereocenters. The van der Waals surface area contributed by atoms with Crippen molar-refractivity contribution in [3.8, 4) is 0 Å². The fraction of sp³-hybridized carbons (Fsp3) is 0.400. The number of likely N-dealkylation sites (N-methyl/N-ethyl adjacent to an activating group) is 1. The van der Waals surface area contributed by atoms with Gasteiger partial charge in [0.2, 0.25) is 10.0 Å². The molecule has 0 spiro atoms. The van der Waals surface area contributed by atoms with Gasteiger partial charge in [0.25, 0.3) is 0 Å². The maximum atomic E-state index is 12.4. The number of halogens is 2. The number of nitrogens with two attached hydrogens (primary N) is 1. The average molecular weight is 402 g/mol. The molecule has 5 nitrogen and oxygen atoms in total. The maximum absolute atomic E-state index is 12.4. The Labute approximate surface area is 123 Å². The van der Waals surface area contributed by atoms with Gasteiger partial charge in [-0.2, -0.15) is 4.31 Å². The van der Waals surface area contributed by atoms with Gasteiger partial charge in [0.1, 0.15) is 4.90 Å². The molecule has 8 heteroatoms. The van der Waals surface area contributed by atoms with Crippen LogP contribution in [0.15, 0.2) is 26.0 Å². The summed E-state index contributed by atoms with van der Waals surface area (Å²) in [6.45, 7) is 1.35. The molecule has 1 rings (SSSR count). The van der Waals surface area contributed by atoms with E-state index in [0.29, 0.717) is 8.95 Å². The topological polar surface area (TPSA) is 83.6 Å². The van der Waals surface area contributed by atoms with Gasteiger partial charge < -0.3 is 10.8 Å². The Bertz CT molecular complexity index is 525. The second-order valence-corrected chi connectivity index (χ2v) is 7.56. The van der Waals surface area contributed by atoms with E-state index in [1.165, 1.54) is 13.1 Å². The van der Waals surface area contributed by atoms with E-state index in [4.69, 9.17) is 10.8 Å². The van der Waals surface area contributed by atoms with Gasteiger partial charge >= 0.3 is 0 Å². The summed E-state index contributed by atoms with van der Waals surface area (Å²) in [7, 11) is -2.34. The Morgan fingerprint density at radius 3 is 2.44 bits per heavy atom. The van der Waals surface area contributed by atoms with Crippen LogP contribution in [0.25, 0.3) is 0 Å². The number of hydrogen-bond acceptors (Lipinski definition) is 4. The van der Waals surface area contributed by atoms with Crippen molar-refractivity contribution in [2.24, 2.45) is 0 Å². The molecule has 0 aliphatic carbocycles. The van der Waals surface area contributed by atoms with E-state index in [9.17, 15) is 8.42 Å². The van der Waals surface area contributed by atoms with Gasteiger partial charge in [0.05, 0.1) is 12.3 Å². The zero-order valence-electron chi connectivity index (χ0n) is 9.89. The van der Waals surface area contributed by atoms with Crippen molar-refractivity contribution >= 4 is 47.6 Å². The highest BCUT2D eigenvalue weighted by molar-refractivity contribution is 9.11. The molecule has 1 aromatic carbocycles. The lowest BCUT2D eigenvalue weighted by molar-refractivity contribution is 0.214. The van der Waals surface area contributed by atoms with Crippen LogP contribution in [-0.2, 0) is 10.0 Å². The zero-order chi connectivity index (χ0) is 14.1. The standard InChI is InChI=1S/C10H14Br2N2O3S/c1-6(5-15)14(2)18(16,17)10-8(12)3-7(11)4-9(10)13/h3-4,6,15H,5,13H2,1-2H3. The lowest BCUT2D eigenvalue weighted by Gasteiger charge is -2.24. The Morgan fingerprint density at radius 2 is 2.00 bits per heavy atom. The highest BCUT2D eigenvalue weighted by atomic mass is 79.9. The largest absolute Gasteiger partial charge is 0.398 e. The van der Waals surface area contributed by atoms with Crippen LogP contribution < -0.4 is 5.73 Å². The van der Waals surface area contributed by atoms with Crippen LogP contribution in [0.1, 0.15) is 6.92 Å². The second-order valence-electron chi connectivity index (χ2n) is 3.86. The summed E-state index contributed by atoms with van der Waals surface area (Å²) in [5.74, 6) is 0. The number of rotatable bonds is 4. The number of nitrogens with zero attached hydrogens (tertiary/aromatic N) is 1. The van der Waals surface area contributed by atoms with Crippen LogP contribution in [0, 0.1) is 0 Å². The Hall–Kier alpha value is -0.150. The normalized spacial score (nSPS) is 13.9. The molecule has 1 unspecified atom stereocenters.